The number of anilines is 1. The van der Waals surface area contributed by atoms with E-state index >= 15 is 0 Å². The maximum Gasteiger partial charge on any atom is 0.262 e. The van der Waals surface area contributed by atoms with Gasteiger partial charge in [-0.25, -0.2) is 8.42 Å². The summed E-state index contributed by atoms with van der Waals surface area (Å²) in [6.07, 6.45) is 3.07. The van der Waals surface area contributed by atoms with Gasteiger partial charge in [0.05, 0.1) is 17.1 Å². The highest BCUT2D eigenvalue weighted by Crippen LogP contribution is 2.39. The average molecular weight is 435 g/mol. The second-order valence-corrected chi connectivity index (χ2v) is 10.6. The Kier molecular flexibility index (Phi) is 5.60. The van der Waals surface area contributed by atoms with Crippen molar-refractivity contribution in [1.82, 2.24) is 5.32 Å². The summed E-state index contributed by atoms with van der Waals surface area (Å²) >= 11 is 1.42. The first-order valence-electron chi connectivity index (χ1n) is 9.55. The van der Waals surface area contributed by atoms with E-state index < -0.39 is 9.84 Å². The van der Waals surface area contributed by atoms with Crippen LogP contribution in [0.3, 0.4) is 0 Å². The zero-order valence-corrected chi connectivity index (χ0v) is 17.4. The monoisotopic (exact) mass is 434 g/mol. The van der Waals surface area contributed by atoms with E-state index in [1.54, 1.807) is 12.1 Å². The lowest BCUT2D eigenvalue weighted by atomic mass is 10.1. The van der Waals surface area contributed by atoms with Crippen molar-refractivity contribution in [3.63, 3.8) is 0 Å². The molecule has 1 atom stereocenters. The molecule has 2 aromatic rings. The van der Waals surface area contributed by atoms with Gasteiger partial charge >= 0.3 is 0 Å². The number of rotatable bonds is 6. The number of benzene rings is 1. The summed E-state index contributed by atoms with van der Waals surface area (Å²) in [5.41, 5.74) is 1.44. The molecule has 7 nitrogen and oxygen atoms in total. The number of aryl methyl sites for hydroxylation is 1. The molecule has 1 aromatic heterocycles. The summed E-state index contributed by atoms with van der Waals surface area (Å²) in [6, 6.07) is 8.66. The molecule has 0 spiro atoms. The van der Waals surface area contributed by atoms with E-state index in [4.69, 9.17) is 4.74 Å². The number of hydrogen-bond acceptors (Lipinski definition) is 6. The third-order valence-electron chi connectivity index (χ3n) is 5.08. The van der Waals surface area contributed by atoms with Gasteiger partial charge in [0.15, 0.2) is 16.4 Å². The molecule has 1 aromatic carbocycles. The first-order valence-corrected chi connectivity index (χ1v) is 12.2. The van der Waals surface area contributed by atoms with Gasteiger partial charge in [-0.2, -0.15) is 0 Å². The van der Waals surface area contributed by atoms with E-state index in [1.165, 1.54) is 11.3 Å². The second-order valence-electron chi connectivity index (χ2n) is 7.28. The van der Waals surface area contributed by atoms with Crippen LogP contribution in [0.4, 0.5) is 5.00 Å². The van der Waals surface area contributed by atoms with Crippen molar-refractivity contribution in [1.29, 1.82) is 0 Å². The van der Waals surface area contributed by atoms with Crippen LogP contribution in [-0.4, -0.2) is 44.4 Å². The van der Waals surface area contributed by atoms with Gasteiger partial charge in [-0.1, -0.05) is 18.2 Å². The Morgan fingerprint density at radius 3 is 2.69 bits per heavy atom. The molecule has 0 saturated carbocycles. The van der Waals surface area contributed by atoms with Gasteiger partial charge in [-0.05, 0) is 43.4 Å². The van der Waals surface area contributed by atoms with Crippen molar-refractivity contribution in [2.24, 2.45) is 0 Å². The van der Waals surface area contributed by atoms with Crippen molar-refractivity contribution >= 4 is 38.0 Å². The van der Waals surface area contributed by atoms with Crippen molar-refractivity contribution in [3.8, 4) is 5.75 Å². The fourth-order valence-electron chi connectivity index (χ4n) is 3.73. The summed E-state index contributed by atoms with van der Waals surface area (Å²) in [5.74, 6) is 0.00593. The molecule has 0 bridgehead atoms. The van der Waals surface area contributed by atoms with E-state index in [0.717, 1.165) is 29.7 Å². The van der Waals surface area contributed by atoms with Gasteiger partial charge < -0.3 is 15.4 Å². The quantitative estimate of drug-likeness (QED) is 0.726. The summed E-state index contributed by atoms with van der Waals surface area (Å²) < 4.78 is 28.8. The average Bonchev–Trinajstić information content (AvgIpc) is 3.35. The Labute approximate surface area is 173 Å². The van der Waals surface area contributed by atoms with Gasteiger partial charge in [0.2, 0.25) is 0 Å². The highest BCUT2D eigenvalue weighted by atomic mass is 32.2. The Morgan fingerprint density at radius 1 is 1.17 bits per heavy atom. The molecule has 1 saturated heterocycles. The Balaban J connectivity index is 1.46. The van der Waals surface area contributed by atoms with E-state index in [0.29, 0.717) is 22.7 Å². The number of amides is 2. The van der Waals surface area contributed by atoms with Crippen LogP contribution in [0.1, 0.15) is 33.6 Å². The molecule has 2 aliphatic rings. The third-order valence-corrected chi connectivity index (χ3v) is 8.06. The molecule has 4 rings (SSSR count). The molecule has 2 N–H and O–H groups in total. The molecule has 9 heteroatoms. The number of thiophene rings is 1. The van der Waals surface area contributed by atoms with Gasteiger partial charge in [0.1, 0.15) is 10.8 Å². The molecular weight excluding hydrogens is 412 g/mol. The summed E-state index contributed by atoms with van der Waals surface area (Å²) in [5, 5.41) is 6.16. The number of sulfone groups is 1. The van der Waals surface area contributed by atoms with E-state index in [-0.39, 0.29) is 36.0 Å². The molecule has 2 amide bonds. The lowest BCUT2D eigenvalue weighted by molar-refractivity contribution is -0.118. The Bertz CT molecular complexity index is 1030. The van der Waals surface area contributed by atoms with Crippen LogP contribution in [0.2, 0.25) is 0 Å². The number of carbonyl (C=O) groups excluding carboxylic acids is 2. The molecular formula is C20H22N2O5S2. The van der Waals surface area contributed by atoms with Crippen LogP contribution >= 0.6 is 11.3 Å². The molecule has 1 aliphatic heterocycles. The highest BCUT2D eigenvalue weighted by Gasteiger charge is 2.32. The molecule has 1 aliphatic carbocycles. The molecule has 0 radical (unpaired) electrons. The number of hydrogen-bond donors (Lipinski definition) is 2. The fourth-order valence-corrected chi connectivity index (χ4v) is 6.70. The van der Waals surface area contributed by atoms with Crippen LogP contribution in [-0.2, 0) is 27.5 Å². The maximum atomic E-state index is 12.9. The molecule has 1 unspecified atom stereocenters. The molecule has 1 fully saturated rings. The number of ether oxygens (including phenoxy) is 1. The Morgan fingerprint density at radius 2 is 1.97 bits per heavy atom. The highest BCUT2D eigenvalue weighted by molar-refractivity contribution is 7.91. The topological polar surface area (TPSA) is 102 Å². The smallest absolute Gasteiger partial charge is 0.262 e. The number of nitrogens with one attached hydrogen (secondary N) is 2. The van der Waals surface area contributed by atoms with E-state index in [9.17, 15) is 18.0 Å². The normalized spacial score (nSPS) is 19.5. The standard InChI is InChI=1S/C20H22N2O5S2/c23-17(11-27-14-5-2-1-3-6-14)22-20-18(15-7-4-8-16(15)28-20)19(24)21-13-9-10-29(25,26)12-13/h1-3,5-6,13H,4,7-12H2,(H,21,24)(H,22,23). The van der Waals surface area contributed by atoms with Crippen molar-refractivity contribution in [2.45, 2.75) is 31.7 Å². The lowest BCUT2D eigenvalue weighted by Gasteiger charge is -2.13. The zero-order valence-electron chi connectivity index (χ0n) is 15.8. The summed E-state index contributed by atoms with van der Waals surface area (Å²) in [6.45, 7) is -0.158. The van der Waals surface area contributed by atoms with Crippen molar-refractivity contribution < 1.29 is 22.7 Å². The second kappa shape index (κ2) is 8.16. The van der Waals surface area contributed by atoms with Gasteiger partial charge in [-0.3, -0.25) is 9.59 Å². The molecule has 2 heterocycles. The number of para-hydroxylation sites is 1. The van der Waals surface area contributed by atoms with E-state index in [1.807, 2.05) is 18.2 Å². The predicted octanol–water partition coefficient (Wildman–Crippen LogP) is 2.17. The van der Waals surface area contributed by atoms with Gasteiger partial charge in [0.25, 0.3) is 11.8 Å². The fraction of sp³-hybridized carbons (Fsp3) is 0.400. The number of carbonyl (C=O) groups is 2. The Hall–Kier alpha value is -2.39. The van der Waals surface area contributed by atoms with Crippen LogP contribution in [0.25, 0.3) is 0 Å². The first kappa shape index (κ1) is 19.9. The van der Waals surface area contributed by atoms with E-state index in [2.05, 4.69) is 10.6 Å². The van der Waals surface area contributed by atoms with Crippen molar-refractivity contribution in [3.05, 3.63) is 46.3 Å². The number of fused-ring (bicyclic) bond motifs is 1. The van der Waals surface area contributed by atoms with Gasteiger partial charge in [-0.15, -0.1) is 11.3 Å². The summed E-state index contributed by atoms with van der Waals surface area (Å²) in [7, 11) is -3.08. The minimum atomic E-state index is -3.08. The van der Waals surface area contributed by atoms with Crippen LogP contribution in [0, 0.1) is 0 Å². The van der Waals surface area contributed by atoms with Crippen LogP contribution in [0.15, 0.2) is 30.3 Å². The minimum absolute atomic E-state index is 0.0301. The molecule has 154 valence electrons. The minimum Gasteiger partial charge on any atom is -0.484 e. The largest absolute Gasteiger partial charge is 0.484 e. The molecule has 29 heavy (non-hydrogen) atoms. The van der Waals surface area contributed by atoms with Gasteiger partial charge in [0, 0.05) is 10.9 Å². The predicted molar refractivity (Wildman–Crippen MR) is 111 cm³/mol. The lowest BCUT2D eigenvalue weighted by Crippen LogP contribution is -2.36. The first-order chi connectivity index (χ1) is 13.9. The van der Waals surface area contributed by atoms with Crippen LogP contribution < -0.4 is 15.4 Å². The maximum absolute atomic E-state index is 12.9. The SMILES string of the molecule is O=C(COc1ccccc1)Nc1sc2c(c1C(=O)NC1CCS(=O)(=O)C1)CCC2. The third kappa shape index (κ3) is 4.62. The van der Waals surface area contributed by atoms with Crippen molar-refractivity contribution in [2.75, 3.05) is 23.4 Å². The summed E-state index contributed by atoms with van der Waals surface area (Å²) in [4.78, 5) is 26.4. The van der Waals surface area contributed by atoms with Crippen LogP contribution in [0.5, 0.6) is 5.75 Å². The zero-order chi connectivity index (χ0) is 20.4.